The fraction of sp³-hybridized carbons (Fsp3) is 0. The Balaban J connectivity index is 1.32. The summed E-state index contributed by atoms with van der Waals surface area (Å²) >= 11 is 0. The van der Waals surface area contributed by atoms with Crippen molar-refractivity contribution in [2.24, 2.45) is 0 Å². The van der Waals surface area contributed by atoms with Crippen LogP contribution in [0.15, 0.2) is 109 Å². The molecule has 1 amide bonds. The molecule has 0 unspecified atom stereocenters. The summed E-state index contributed by atoms with van der Waals surface area (Å²) in [6, 6.07) is 36.2. The maximum atomic E-state index is 12.3. The van der Waals surface area contributed by atoms with Gasteiger partial charge >= 0.3 is 0 Å². The highest BCUT2D eigenvalue weighted by Crippen LogP contribution is 2.35. The Labute approximate surface area is 191 Å². The van der Waals surface area contributed by atoms with Gasteiger partial charge in [0.1, 0.15) is 0 Å². The van der Waals surface area contributed by atoms with Gasteiger partial charge in [0.2, 0.25) is 0 Å². The van der Waals surface area contributed by atoms with Crippen LogP contribution in [0.25, 0.3) is 32.3 Å². The number of hydrogen-bond acceptors (Lipinski definition) is 1. The van der Waals surface area contributed by atoms with Gasteiger partial charge in [-0.25, -0.2) is 0 Å². The molecule has 0 heterocycles. The third-order valence-corrected chi connectivity index (χ3v) is 6.05. The Morgan fingerprint density at radius 3 is 2.00 bits per heavy atom. The molecule has 0 aliphatic rings. The molecule has 6 aromatic rings. The van der Waals surface area contributed by atoms with Gasteiger partial charge in [0.25, 0.3) is 5.91 Å². The molecular formula is C31H19NO. The van der Waals surface area contributed by atoms with Gasteiger partial charge in [-0.15, -0.1) is 0 Å². The van der Waals surface area contributed by atoms with Crippen LogP contribution < -0.4 is 5.32 Å². The van der Waals surface area contributed by atoms with Crippen LogP contribution in [0, 0.1) is 11.8 Å². The Morgan fingerprint density at radius 2 is 1.24 bits per heavy atom. The fourth-order valence-electron chi connectivity index (χ4n) is 4.41. The summed E-state index contributed by atoms with van der Waals surface area (Å²) in [5, 5.41) is 10.4. The van der Waals surface area contributed by atoms with Gasteiger partial charge in [-0.3, -0.25) is 4.79 Å². The van der Waals surface area contributed by atoms with Crippen LogP contribution in [0.2, 0.25) is 0 Å². The highest BCUT2D eigenvalue weighted by molar-refractivity contribution is 6.23. The summed E-state index contributed by atoms with van der Waals surface area (Å²) in [4.78, 5) is 12.3. The number of carbonyl (C=O) groups excluding carboxylic acids is 1. The van der Waals surface area contributed by atoms with Crippen molar-refractivity contribution in [3.63, 3.8) is 0 Å². The van der Waals surface area contributed by atoms with E-state index in [4.69, 9.17) is 0 Å². The topological polar surface area (TPSA) is 29.1 Å². The van der Waals surface area contributed by atoms with Gasteiger partial charge in [0, 0.05) is 22.4 Å². The first kappa shape index (κ1) is 19.1. The quantitative estimate of drug-likeness (QED) is 0.232. The largest absolute Gasteiger partial charge is 0.322 e. The van der Waals surface area contributed by atoms with Crippen LogP contribution in [0.4, 0.5) is 5.69 Å². The lowest BCUT2D eigenvalue weighted by atomic mass is 9.92. The molecule has 6 rings (SSSR count). The second kappa shape index (κ2) is 7.82. The fourth-order valence-corrected chi connectivity index (χ4v) is 4.41. The molecule has 0 aliphatic heterocycles. The van der Waals surface area contributed by atoms with Crippen LogP contribution in [-0.2, 0) is 0 Å². The van der Waals surface area contributed by atoms with E-state index in [2.05, 4.69) is 71.8 Å². The Morgan fingerprint density at radius 1 is 0.576 bits per heavy atom. The number of carbonyl (C=O) groups is 1. The molecule has 154 valence electrons. The van der Waals surface area contributed by atoms with Gasteiger partial charge in [0.15, 0.2) is 0 Å². The molecule has 33 heavy (non-hydrogen) atoms. The van der Waals surface area contributed by atoms with Gasteiger partial charge in [-0.05, 0) is 74.8 Å². The molecule has 6 aromatic carbocycles. The second-order valence-corrected chi connectivity index (χ2v) is 8.12. The van der Waals surface area contributed by atoms with Crippen molar-refractivity contribution in [1.29, 1.82) is 0 Å². The molecule has 0 aliphatic carbocycles. The molecule has 0 radical (unpaired) electrons. The van der Waals surface area contributed by atoms with Crippen LogP contribution in [0.3, 0.4) is 0 Å². The SMILES string of the molecule is O=C(Nc1ccc(C#Cc2ccc3ccc4cccc5ccc2c3c45)cc1)c1ccccc1. The monoisotopic (exact) mass is 421 g/mol. The number of nitrogens with one attached hydrogen (secondary N) is 1. The molecule has 0 bridgehead atoms. The van der Waals surface area contributed by atoms with Crippen molar-refractivity contribution in [3.05, 3.63) is 126 Å². The third-order valence-electron chi connectivity index (χ3n) is 6.05. The summed E-state index contributed by atoms with van der Waals surface area (Å²) < 4.78 is 0. The third kappa shape index (κ3) is 3.46. The number of anilines is 1. The van der Waals surface area contributed by atoms with E-state index in [0.717, 1.165) is 16.8 Å². The zero-order chi connectivity index (χ0) is 22.2. The summed E-state index contributed by atoms with van der Waals surface area (Å²) in [6.07, 6.45) is 0. The van der Waals surface area contributed by atoms with Gasteiger partial charge in [-0.1, -0.05) is 78.6 Å². The summed E-state index contributed by atoms with van der Waals surface area (Å²) in [5.41, 5.74) is 3.30. The molecule has 1 N–H and O–H groups in total. The van der Waals surface area contributed by atoms with E-state index in [1.807, 2.05) is 42.5 Å². The Bertz CT molecular complexity index is 1670. The molecule has 0 atom stereocenters. The van der Waals surface area contributed by atoms with Crippen molar-refractivity contribution in [2.45, 2.75) is 0 Å². The molecule has 2 heteroatoms. The van der Waals surface area contributed by atoms with Crippen molar-refractivity contribution >= 4 is 43.9 Å². The molecule has 0 fully saturated rings. The number of benzene rings is 6. The normalized spacial score (nSPS) is 10.9. The number of amides is 1. The lowest BCUT2D eigenvalue weighted by Gasteiger charge is -2.11. The molecule has 0 saturated heterocycles. The zero-order valence-corrected chi connectivity index (χ0v) is 17.8. The van der Waals surface area contributed by atoms with Crippen LogP contribution in [0.1, 0.15) is 21.5 Å². The predicted octanol–water partition coefficient (Wildman–Crippen LogP) is 7.24. The van der Waals surface area contributed by atoms with E-state index >= 15 is 0 Å². The summed E-state index contributed by atoms with van der Waals surface area (Å²) in [7, 11) is 0. The highest BCUT2D eigenvalue weighted by atomic mass is 16.1. The van der Waals surface area contributed by atoms with Crippen molar-refractivity contribution in [2.75, 3.05) is 5.32 Å². The van der Waals surface area contributed by atoms with Crippen LogP contribution in [-0.4, -0.2) is 5.91 Å². The first-order valence-corrected chi connectivity index (χ1v) is 10.9. The molecule has 0 aromatic heterocycles. The van der Waals surface area contributed by atoms with Crippen molar-refractivity contribution < 1.29 is 4.79 Å². The maximum absolute atomic E-state index is 12.3. The minimum atomic E-state index is -0.122. The molecule has 2 nitrogen and oxygen atoms in total. The summed E-state index contributed by atoms with van der Waals surface area (Å²) in [5.74, 6) is 6.53. The average molecular weight is 421 g/mol. The standard InChI is InChI=1S/C31H19NO/c33-31(26-5-2-1-3-6-26)32-27-18-10-21(11-19-27)9-12-22-13-14-25-16-15-23-7-4-8-24-17-20-28(22)30(25)29(23)24/h1-8,10-11,13-20H,(H,32,33). The van der Waals surface area contributed by atoms with Crippen LogP contribution >= 0.6 is 0 Å². The minimum absolute atomic E-state index is 0.122. The zero-order valence-electron chi connectivity index (χ0n) is 17.8. The van der Waals surface area contributed by atoms with E-state index < -0.39 is 0 Å². The van der Waals surface area contributed by atoms with E-state index in [1.54, 1.807) is 12.1 Å². The lowest BCUT2D eigenvalue weighted by molar-refractivity contribution is 0.102. The molecular weight excluding hydrogens is 402 g/mol. The van der Waals surface area contributed by atoms with E-state index in [1.165, 1.54) is 32.3 Å². The first-order chi connectivity index (χ1) is 16.3. The predicted molar refractivity (Wildman–Crippen MR) is 137 cm³/mol. The van der Waals surface area contributed by atoms with Crippen molar-refractivity contribution in [1.82, 2.24) is 0 Å². The van der Waals surface area contributed by atoms with E-state index in [-0.39, 0.29) is 5.91 Å². The van der Waals surface area contributed by atoms with Crippen molar-refractivity contribution in [3.8, 4) is 11.8 Å². The molecule has 0 spiro atoms. The van der Waals surface area contributed by atoms with Gasteiger partial charge in [0.05, 0.1) is 0 Å². The number of rotatable bonds is 2. The summed E-state index contributed by atoms with van der Waals surface area (Å²) in [6.45, 7) is 0. The van der Waals surface area contributed by atoms with Crippen LogP contribution in [0.5, 0.6) is 0 Å². The lowest BCUT2D eigenvalue weighted by Crippen LogP contribution is -2.11. The first-order valence-electron chi connectivity index (χ1n) is 10.9. The number of hydrogen-bond donors (Lipinski definition) is 1. The smallest absolute Gasteiger partial charge is 0.255 e. The van der Waals surface area contributed by atoms with E-state index in [9.17, 15) is 4.79 Å². The maximum Gasteiger partial charge on any atom is 0.255 e. The van der Waals surface area contributed by atoms with Gasteiger partial charge in [-0.2, -0.15) is 0 Å². The molecule has 0 saturated carbocycles. The van der Waals surface area contributed by atoms with Gasteiger partial charge < -0.3 is 5.32 Å². The minimum Gasteiger partial charge on any atom is -0.322 e. The van der Waals surface area contributed by atoms with E-state index in [0.29, 0.717) is 5.56 Å². The second-order valence-electron chi connectivity index (χ2n) is 8.12. The Kier molecular flexibility index (Phi) is 4.53. The average Bonchev–Trinajstić information content (AvgIpc) is 2.88. The highest BCUT2D eigenvalue weighted by Gasteiger charge is 2.09. The Hall–Kier alpha value is -4.61.